The van der Waals surface area contributed by atoms with E-state index in [2.05, 4.69) is 37.7 Å². The molecule has 0 spiro atoms. The van der Waals surface area contributed by atoms with Gasteiger partial charge in [0.25, 0.3) is 0 Å². The Morgan fingerprint density at radius 3 is 1.54 bits per heavy atom. The molecule has 2 fully saturated rings. The second-order valence-electron chi connectivity index (χ2n) is 5.17. The van der Waals surface area contributed by atoms with E-state index in [9.17, 15) is 4.57 Å². The Hall–Kier alpha value is 0.110. The van der Waals surface area contributed by atoms with E-state index in [-0.39, 0.29) is 11.1 Å². The van der Waals surface area contributed by atoms with Crippen LogP contribution in [0, 0.1) is 0 Å². The molecule has 3 atom stereocenters. The van der Waals surface area contributed by atoms with Gasteiger partial charge in [0.05, 0.1) is 0 Å². The minimum Gasteiger partial charge on any atom is -0.311 e. The van der Waals surface area contributed by atoms with Crippen molar-refractivity contribution in [1.82, 2.24) is 14.9 Å². The summed E-state index contributed by atoms with van der Waals surface area (Å²) in [6.45, 7) is 10.7. The zero-order valence-electron chi connectivity index (χ0n) is 8.74. The minimum atomic E-state index is -0.871. The molecule has 0 aliphatic carbocycles. The first-order valence-corrected chi connectivity index (χ1v) is 5.67. The Morgan fingerprint density at radius 1 is 1.08 bits per heavy atom. The Bertz CT molecular complexity index is 232. The Balaban J connectivity index is 2.01. The van der Waals surface area contributed by atoms with Crippen LogP contribution in [0.15, 0.2) is 0 Å². The largest absolute Gasteiger partial charge is 0.311 e. The van der Waals surface area contributed by atoms with Crippen molar-refractivity contribution >= 4 is 8.61 Å². The lowest BCUT2D eigenvalue weighted by Crippen LogP contribution is -2.32. The first kappa shape index (κ1) is 9.66. The molecule has 0 bridgehead atoms. The van der Waals surface area contributed by atoms with Crippen molar-refractivity contribution in [3.05, 3.63) is 0 Å². The lowest BCUT2D eigenvalue weighted by Gasteiger charge is -2.22. The van der Waals surface area contributed by atoms with Gasteiger partial charge in [0, 0.05) is 24.2 Å². The molecule has 2 heterocycles. The molecule has 2 saturated heterocycles. The topological polar surface area (TPSA) is 26.3 Å². The summed E-state index contributed by atoms with van der Waals surface area (Å²) in [7, 11) is -0.871. The molecule has 0 aromatic heterocycles. The molecule has 76 valence electrons. The highest BCUT2D eigenvalue weighted by molar-refractivity contribution is 7.20. The Morgan fingerprint density at radius 2 is 1.38 bits per heavy atom. The molecule has 0 amide bonds. The summed E-state index contributed by atoms with van der Waals surface area (Å²) in [5, 5.41) is 4.34. The predicted octanol–water partition coefficient (Wildman–Crippen LogP) is 0.978. The van der Waals surface area contributed by atoms with E-state index in [4.69, 9.17) is 0 Å². The molecule has 0 aromatic carbocycles. The summed E-state index contributed by atoms with van der Waals surface area (Å²) in [6.07, 6.45) is 0. The second-order valence-corrected chi connectivity index (χ2v) is 5.84. The smallest absolute Gasteiger partial charge is 0.154 e. The van der Waals surface area contributed by atoms with Crippen LogP contribution in [0.3, 0.4) is 0 Å². The van der Waals surface area contributed by atoms with Gasteiger partial charge in [-0.15, -0.1) is 4.89 Å². The van der Waals surface area contributed by atoms with Crippen molar-refractivity contribution < 1.29 is 4.57 Å². The summed E-state index contributed by atoms with van der Waals surface area (Å²) in [4.78, 5) is 1.93. The van der Waals surface area contributed by atoms with Crippen molar-refractivity contribution in [2.75, 3.05) is 13.1 Å². The van der Waals surface area contributed by atoms with Gasteiger partial charge in [-0.3, -0.25) is 0 Å². The van der Waals surface area contributed by atoms with E-state index in [1.165, 1.54) is 0 Å². The van der Waals surface area contributed by atoms with Gasteiger partial charge < -0.3 is 4.57 Å². The molecule has 2 aliphatic rings. The molecule has 0 radical (unpaired) electrons. The van der Waals surface area contributed by atoms with Crippen LogP contribution in [0.25, 0.3) is 0 Å². The summed E-state index contributed by atoms with van der Waals surface area (Å²) < 4.78 is 11.1. The number of rotatable bonds is 3. The molecule has 0 aromatic rings. The standard InChI is InChI=1S/C8H18N3OP/c1-7(2)5-9(7)11(13-12)10-6-8(10,3)4/h5-6,13H2,1-4H3. The molecule has 2 rings (SSSR count). The van der Waals surface area contributed by atoms with Crippen molar-refractivity contribution in [3.63, 3.8) is 0 Å². The molecular formula is C8H18N3OP. The fourth-order valence-electron chi connectivity index (χ4n) is 1.61. The van der Waals surface area contributed by atoms with Crippen LogP contribution < -0.4 is 0 Å². The van der Waals surface area contributed by atoms with Crippen LogP contribution in [0.1, 0.15) is 27.7 Å². The van der Waals surface area contributed by atoms with E-state index in [1.54, 1.807) is 0 Å². The normalized spacial score (nSPS) is 40.1. The number of nitrogens with zero attached hydrogens (tertiary/aromatic N) is 3. The van der Waals surface area contributed by atoms with E-state index in [0.717, 1.165) is 13.1 Å². The molecule has 13 heavy (non-hydrogen) atoms. The highest BCUT2D eigenvalue weighted by atomic mass is 31.1. The number of hydrogen-bond acceptors (Lipinski definition) is 3. The van der Waals surface area contributed by atoms with Crippen LogP contribution in [-0.2, 0) is 4.57 Å². The van der Waals surface area contributed by atoms with Crippen LogP contribution in [0.2, 0.25) is 0 Å². The fourth-order valence-corrected chi connectivity index (χ4v) is 2.62. The summed E-state index contributed by atoms with van der Waals surface area (Å²) in [5.74, 6) is 0. The maximum Gasteiger partial charge on any atom is 0.154 e. The van der Waals surface area contributed by atoms with Crippen molar-refractivity contribution in [3.8, 4) is 0 Å². The predicted molar refractivity (Wildman–Crippen MR) is 53.8 cm³/mol. The maximum atomic E-state index is 11.1. The molecule has 0 saturated carbocycles. The Kier molecular flexibility index (Phi) is 1.91. The summed E-state index contributed by atoms with van der Waals surface area (Å²) >= 11 is 0. The Labute approximate surface area is 80.7 Å². The second kappa shape index (κ2) is 2.57. The van der Waals surface area contributed by atoms with Crippen molar-refractivity contribution in [1.29, 1.82) is 0 Å². The third-order valence-corrected chi connectivity index (χ3v) is 3.60. The van der Waals surface area contributed by atoms with Gasteiger partial charge in [0.1, 0.15) is 0 Å². The van der Waals surface area contributed by atoms with Crippen LogP contribution in [0.5, 0.6) is 0 Å². The van der Waals surface area contributed by atoms with Gasteiger partial charge in [-0.2, -0.15) is 0 Å². The average Bonchev–Trinajstić information content (AvgIpc) is 2.77. The lowest BCUT2D eigenvalue weighted by atomic mass is 10.2. The highest BCUT2D eigenvalue weighted by Gasteiger charge is 2.56. The van der Waals surface area contributed by atoms with Crippen LogP contribution in [-0.4, -0.2) is 39.1 Å². The minimum absolute atomic E-state index is 0.218. The molecule has 4 nitrogen and oxygen atoms in total. The molecule has 0 N–H and O–H groups in total. The van der Waals surface area contributed by atoms with E-state index in [0.29, 0.717) is 0 Å². The fraction of sp³-hybridized carbons (Fsp3) is 1.00. The van der Waals surface area contributed by atoms with Gasteiger partial charge in [-0.1, -0.05) is 0 Å². The van der Waals surface area contributed by atoms with Crippen LogP contribution >= 0.6 is 8.61 Å². The quantitative estimate of drug-likeness (QED) is 0.504. The molecule has 3 unspecified atom stereocenters. The zero-order chi connectivity index (χ0) is 9.85. The van der Waals surface area contributed by atoms with E-state index in [1.807, 2.05) is 4.89 Å². The first-order chi connectivity index (χ1) is 5.88. The molecule has 2 aliphatic heterocycles. The number of hydrazine groups is 2. The van der Waals surface area contributed by atoms with E-state index < -0.39 is 8.61 Å². The monoisotopic (exact) mass is 203 g/mol. The van der Waals surface area contributed by atoms with Crippen LogP contribution in [0.4, 0.5) is 0 Å². The van der Waals surface area contributed by atoms with Gasteiger partial charge in [-0.25, -0.2) is 10.0 Å². The first-order valence-electron chi connectivity index (χ1n) is 4.68. The van der Waals surface area contributed by atoms with Gasteiger partial charge in [0.15, 0.2) is 8.61 Å². The molecule has 5 heteroatoms. The average molecular weight is 203 g/mol. The zero-order valence-corrected chi connectivity index (χ0v) is 9.90. The van der Waals surface area contributed by atoms with Gasteiger partial charge >= 0.3 is 0 Å². The summed E-state index contributed by atoms with van der Waals surface area (Å²) in [5.41, 5.74) is 0.437. The molecular weight excluding hydrogens is 185 g/mol. The lowest BCUT2D eigenvalue weighted by molar-refractivity contribution is 0.0134. The SMILES string of the molecule is CC1(C)CN1N([PH2]=O)N1CC1(C)C. The van der Waals surface area contributed by atoms with E-state index >= 15 is 0 Å². The maximum absolute atomic E-state index is 11.1. The van der Waals surface area contributed by atoms with Gasteiger partial charge in [-0.05, 0) is 27.7 Å². The summed E-state index contributed by atoms with van der Waals surface area (Å²) in [6, 6.07) is 0. The highest BCUT2D eigenvalue weighted by Crippen LogP contribution is 2.44. The number of hydrogen-bond donors (Lipinski definition) is 0. The van der Waals surface area contributed by atoms with Gasteiger partial charge in [0.2, 0.25) is 0 Å². The van der Waals surface area contributed by atoms with Crippen molar-refractivity contribution in [2.24, 2.45) is 0 Å². The van der Waals surface area contributed by atoms with Crippen molar-refractivity contribution in [2.45, 2.75) is 38.8 Å². The third kappa shape index (κ3) is 1.57. The third-order valence-electron chi connectivity index (χ3n) is 2.85.